The molecule has 0 unspecified atom stereocenters. The first kappa shape index (κ1) is 13.1. The van der Waals surface area contributed by atoms with Gasteiger partial charge in [0.25, 0.3) is 0 Å². The summed E-state index contributed by atoms with van der Waals surface area (Å²) in [7, 11) is 0. The Kier molecular flexibility index (Phi) is 5.11. The molecule has 0 aliphatic carbocycles. The number of rotatable bonds is 7. The summed E-state index contributed by atoms with van der Waals surface area (Å²) in [6.07, 6.45) is 1.35. The maximum atomic E-state index is 10.8. The van der Waals surface area contributed by atoms with Gasteiger partial charge in [0.2, 0.25) is 5.82 Å². The van der Waals surface area contributed by atoms with Crippen molar-refractivity contribution >= 4 is 5.82 Å². The Bertz CT molecular complexity index is 373. The summed E-state index contributed by atoms with van der Waals surface area (Å²) < 4.78 is 4.92. The van der Waals surface area contributed by atoms with Crippen LogP contribution in [0.25, 0.3) is 0 Å². The minimum absolute atomic E-state index is 0.0531. The van der Waals surface area contributed by atoms with Crippen LogP contribution in [0, 0.1) is 10.1 Å². The van der Waals surface area contributed by atoms with E-state index in [-0.39, 0.29) is 37.9 Å². The number of hydrogen-bond donors (Lipinski definition) is 2. The Labute approximate surface area is 97.2 Å². The van der Waals surface area contributed by atoms with Crippen LogP contribution in [0.3, 0.4) is 0 Å². The molecular weight excluding hydrogens is 230 g/mol. The van der Waals surface area contributed by atoms with Crippen molar-refractivity contribution in [1.29, 1.82) is 0 Å². The van der Waals surface area contributed by atoms with Crippen LogP contribution in [-0.2, 0) is 4.74 Å². The average Bonchev–Trinajstić information content (AvgIpc) is 2.30. The molecule has 2 N–H and O–H groups in total. The van der Waals surface area contributed by atoms with Gasteiger partial charge in [-0.1, -0.05) is 5.01 Å². The van der Waals surface area contributed by atoms with Crippen LogP contribution in [0.15, 0.2) is 18.3 Å². The van der Waals surface area contributed by atoms with Crippen LogP contribution in [0.1, 0.15) is 0 Å². The zero-order chi connectivity index (χ0) is 12.7. The summed E-state index contributed by atoms with van der Waals surface area (Å²) >= 11 is 0. The lowest BCUT2D eigenvalue weighted by atomic mass is 10.4. The fourth-order valence-corrected chi connectivity index (χ4v) is 1.17. The number of aliphatic hydroxyl groups is 1. The van der Waals surface area contributed by atoms with Gasteiger partial charge in [0.1, 0.15) is 6.54 Å². The fourth-order valence-electron chi connectivity index (χ4n) is 1.17. The number of nitro groups is 1. The molecule has 0 saturated carbocycles. The minimum atomic E-state index is -0.676. The number of hydrogen-bond acceptors (Lipinski definition) is 6. The van der Waals surface area contributed by atoms with Gasteiger partial charge in [0, 0.05) is 6.20 Å². The highest BCUT2D eigenvalue weighted by molar-refractivity contribution is 5.48. The second kappa shape index (κ2) is 6.61. The van der Waals surface area contributed by atoms with Crippen molar-refractivity contribution in [3.8, 4) is 5.75 Å². The lowest BCUT2D eigenvalue weighted by Gasteiger charge is -2.13. The highest BCUT2D eigenvalue weighted by Crippen LogP contribution is 2.22. The molecule has 1 aromatic heterocycles. The second-order valence-electron chi connectivity index (χ2n) is 3.04. The molecule has 0 bridgehead atoms. The third kappa shape index (κ3) is 3.85. The predicted octanol–water partition coefficient (Wildman–Crippen LogP) is -0.206. The van der Waals surface area contributed by atoms with Gasteiger partial charge >= 0.3 is 0 Å². The quantitative estimate of drug-likeness (QED) is 0.387. The van der Waals surface area contributed by atoms with Gasteiger partial charge in [-0.2, -0.15) is 0 Å². The number of aromatic nitrogens is 1. The summed E-state index contributed by atoms with van der Waals surface area (Å²) in [5.74, 6) is -0.406. The van der Waals surface area contributed by atoms with Crippen LogP contribution < -0.4 is 5.01 Å². The van der Waals surface area contributed by atoms with E-state index in [0.29, 0.717) is 5.01 Å². The summed E-state index contributed by atoms with van der Waals surface area (Å²) in [5.41, 5.74) is 0. The van der Waals surface area contributed by atoms with Crippen LogP contribution in [0.2, 0.25) is 0 Å². The van der Waals surface area contributed by atoms with Gasteiger partial charge in [-0.3, -0.25) is 0 Å². The number of aliphatic hydroxyl groups excluding tert-OH is 1. The first-order chi connectivity index (χ1) is 8.16. The maximum Gasteiger partial charge on any atom is 0.235 e. The van der Waals surface area contributed by atoms with E-state index in [1.54, 1.807) is 0 Å². The molecule has 0 aliphatic rings. The molecule has 1 rings (SSSR count). The lowest BCUT2D eigenvalue weighted by Crippen LogP contribution is -2.34. The number of hydrazine groups is 1. The number of nitrogens with zero attached hydrogens (tertiary/aromatic N) is 3. The minimum Gasteiger partial charge on any atom is -0.504 e. The van der Waals surface area contributed by atoms with E-state index in [1.807, 2.05) is 0 Å². The van der Waals surface area contributed by atoms with Gasteiger partial charge in [-0.25, -0.2) is 15.1 Å². The number of ether oxygens (including phenoxy) is 1. The fraction of sp³-hybridized carbons (Fsp3) is 0.444. The third-order valence-electron chi connectivity index (χ3n) is 1.89. The summed E-state index contributed by atoms with van der Waals surface area (Å²) in [4.78, 5) is 14.5. The van der Waals surface area contributed by atoms with Crippen molar-refractivity contribution in [3.63, 3.8) is 0 Å². The Hall–Kier alpha value is -1.93. The van der Waals surface area contributed by atoms with Crippen molar-refractivity contribution in [2.24, 2.45) is 0 Å². The summed E-state index contributed by atoms with van der Waals surface area (Å²) in [6.45, 7) is -0.0534. The zero-order valence-corrected chi connectivity index (χ0v) is 9.02. The second-order valence-corrected chi connectivity index (χ2v) is 3.04. The molecule has 1 aromatic rings. The Morgan fingerprint density at radius 2 is 2.29 bits per heavy atom. The molecule has 8 heteroatoms. The van der Waals surface area contributed by atoms with E-state index in [0.717, 1.165) is 0 Å². The van der Waals surface area contributed by atoms with Gasteiger partial charge in [-0.05, 0) is 12.1 Å². The molecule has 0 fully saturated rings. The van der Waals surface area contributed by atoms with E-state index in [1.165, 1.54) is 18.3 Å². The standard InChI is InChI=1S/C9H13N3O5/c13-5-7-17-6-4-11(12(15)16)9-8(14)2-1-3-10-9/h1-3,13-14H,4-7H2. The van der Waals surface area contributed by atoms with Crippen molar-refractivity contribution < 1.29 is 20.0 Å². The maximum absolute atomic E-state index is 10.8. The molecule has 17 heavy (non-hydrogen) atoms. The van der Waals surface area contributed by atoms with Crippen LogP contribution in [-0.4, -0.2) is 46.6 Å². The highest BCUT2D eigenvalue weighted by Gasteiger charge is 2.21. The smallest absolute Gasteiger partial charge is 0.235 e. The molecule has 0 amide bonds. The molecule has 0 aromatic carbocycles. The molecule has 0 aliphatic heterocycles. The molecule has 8 nitrogen and oxygen atoms in total. The van der Waals surface area contributed by atoms with E-state index >= 15 is 0 Å². The first-order valence-corrected chi connectivity index (χ1v) is 4.91. The SMILES string of the molecule is O=[N+]([O-])N(CCOCCO)c1ncccc1O. The summed E-state index contributed by atoms with van der Waals surface area (Å²) in [6, 6.07) is 2.78. The third-order valence-corrected chi connectivity index (χ3v) is 1.89. The molecule has 0 saturated heterocycles. The molecule has 1 heterocycles. The van der Waals surface area contributed by atoms with Gasteiger partial charge < -0.3 is 14.9 Å². The lowest BCUT2D eigenvalue weighted by molar-refractivity contribution is -0.495. The molecular formula is C9H13N3O5. The van der Waals surface area contributed by atoms with E-state index in [9.17, 15) is 15.2 Å². The number of aromatic hydroxyl groups is 1. The van der Waals surface area contributed by atoms with Crippen molar-refractivity contribution in [2.75, 3.05) is 31.4 Å². The molecule has 94 valence electrons. The Morgan fingerprint density at radius 1 is 1.53 bits per heavy atom. The Morgan fingerprint density at radius 3 is 2.88 bits per heavy atom. The van der Waals surface area contributed by atoms with Crippen LogP contribution in [0.5, 0.6) is 5.75 Å². The van der Waals surface area contributed by atoms with Gasteiger partial charge in [0.15, 0.2) is 10.8 Å². The van der Waals surface area contributed by atoms with E-state index in [2.05, 4.69) is 4.98 Å². The zero-order valence-electron chi connectivity index (χ0n) is 9.02. The van der Waals surface area contributed by atoms with Crippen molar-refractivity contribution in [1.82, 2.24) is 4.98 Å². The highest BCUT2D eigenvalue weighted by atomic mass is 16.7. The average molecular weight is 243 g/mol. The predicted molar refractivity (Wildman–Crippen MR) is 58.1 cm³/mol. The molecule has 0 atom stereocenters. The van der Waals surface area contributed by atoms with Gasteiger partial charge in [-0.15, -0.1) is 0 Å². The van der Waals surface area contributed by atoms with Crippen LogP contribution >= 0.6 is 0 Å². The summed E-state index contributed by atoms with van der Waals surface area (Å²) in [5, 5.41) is 28.7. The monoisotopic (exact) mass is 243 g/mol. The van der Waals surface area contributed by atoms with Gasteiger partial charge in [0.05, 0.1) is 19.8 Å². The van der Waals surface area contributed by atoms with E-state index in [4.69, 9.17) is 9.84 Å². The topological polar surface area (TPSA) is 109 Å². The molecule has 0 spiro atoms. The largest absolute Gasteiger partial charge is 0.504 e. The van der Waals surface area contributed by atoms with Crippen molar-refractivity contribution in [3.05, 3.63) is 28.4 Å². The normalized spacial score (nSPS) is 10.2. The number of pyridine rings is 1. The Balaban J connectivity index is 2.66. The van der Waals surface area contributed by atoms with Crippen molar-refractivity contribution in [2.45, 2.75) is 0 Å². The first-order valence-electron chi connectivity index (χ1n) is 4.91. The number of anilines is 1. The van der Waals surface area contributed by atoms with E-state index < -0.39 is 5.03 Å². The van der Waals surface area contributed by atoms with Crippen LogP contribution in [0.4, 0.5) is 5.82 Å². The molecule has 0 radical (unpaired) electrons.